The quantitative estimate of drug-likeness (QED) is 0.0299. The number of pyridine rings is 1. The molecule has 2 aliphatic heterocycles. The van der Waals surface area contributed by atoms with E-state index in [-0.39, 0.29) is 54.8 Å². The Morgan fingerprint density at radius 2 is 1.62 bits per heavy atom. The Hall–Kier alpha value is -8.29. The summed E-state index contributed by atoms with van der Waals surface area (Å²) in [5.41, 5.74) is 6.50. The van der Waals surface area contributed by atoms with Gasteiger partial charge in [0.05, 0.1) is 52.3 Å². The Balaban J connectivity index is 0.730. The number of para-hydroxylation sites is 1. The van der Waals surface area contributed by atoms with Crippen molar-refractivity contribution in [1.29, 1.82) is 0 Å². The number of aliphatic hydroxyl groups is 1. The van der Waals surface area contributed by atoms with Gasteiger partial charge in [0.1, 0.15) is 24.2 Å². The van der Waals surface area contributed by atoms with Crippen molar-refractivity contribution in [2.75, 3.05) is 44.4 Å². The number of nitrogens with one attached hydrogen (secondary N) is 5. The van der Waals surface area contributed by atoms with Crippen LogP contribution in [0.1, 0.15) is 125 Å². The van der Waals surface area contributed by atoms with Crippen LogP contribution in [0.15, 0.2) is 78.7 Å². The molecule has 5 amide bonds. The van der Waals surface area contributed by atoms with Crippen LogP contribution in [-0.4, -0.2) is 131 Å². The minimum atomic E-state index is -0.896. The zero-order valence-corrected chi connectivity index (χ0v) is 48.7. The molecule has 4 aromatic heterocycles. The molecule has 0 aliphatic carbocycles. The van der Waals surface area contributed by atoms with Crippen LogP contribution >= 0.6 is 11.3 Å². The van der Waals surface area contributed by atoms with E-state index in [2.05, 4.69) is 68.7 Å². The number of aryl methyl sites for hydroxylation is 2. The molecule has 6 N–H and O–H groups in total. The first-order chi connectivity index (χ1) is 39.4. The zero-order chi connectivity index (χ0) is 58.5. The minimum absolute atomic E-state index is 0.00344. The van der Waals surface area contributed by atoms with Crippen molar-refractivity contribution in [1.82, 2.24) is 60.7 Å². The number of unbranched alkanes of at least 4 members (excludes halogenated alkanes) is 4. The topological polar surface area (TPSA) is 264 Å². The van der Waals surface area contributed by atoms with Crippen LogP contribution < -0.4 is 31.3 Å². The van der Waals surface area contributed by atoms with Gasteiger partial charge in [-0.1, -0.05) is 82.2 Å². The zero-order valence-electron chi connectivity index (χ0n) is 47.9. The highest BCUT2D eigenvalue weighted by molar-refractivity contribution is 7.13. The second kappa shape index (κ2) is 27.4. The number of ether oxygens (including phenoxy) is 1. The molecule has 4 atom stereocenters. The van der Waals surface area contributed by atoms with Crippen molar-refractivity contribution in [2.45, 2.75) is 123 Å². The minimum Gasteiger partial charge on any atom is -0.494 e. The van der Waals surface area contributed by atoms with Gasteiger partial charge >= 0.3 is 0 Å². The molecule has 82 heavy (non-hydrogen) atoms. The number of piperidine rings is 1. The number of β-amino-alcohol motifs (C(OH)–C–C–N with tert-alkyl or cyclic N) is 1. The molecule has 2 saturated heterocycles. The maximum Gasteiger partial charge on any atom is 0.273 e. The molecule has 2 aromatic carbocycles. The number of amides is 5. The fourth-order valence-electron chi connectivity index (χ4n) is 10.1. The predicted molar refractivity (Wildman–Crippen MR) is 314 cm³/mol. The van der Waals surface area contributed by atoms with Gasteiger partial charge in [-0.2, -0.15) is 5.10 Å². The van der Waals surface area contributed by atoms with Gasteiger partial charge in [-0.25, -0.2) is 15.0 Å². The van der Waals surface area contributed by atoms with E-state index < -0.39 is 35.4 Å². The summed E-state index contributed by atoms with van der Waals surface area (Å²) in [7, 11) is 4.85. The summed E-state index contributed by atoms with van der Waals surface area (Å²) in [4.78, 5) is 84.8. The predicted octanol–water partition coefficient (Wildman–Crippen LogP) is 7.65. The van der Waals surface area contributed by atoms with Crippen LogP contribution in [0.4, 0.5) is 23.0 Å². The van der Waals surface area contributed by atoms with Gasteiger partial charge in [0.25, 0.3) is 5.91 Å². The number of carbonyl (C=O) groups excluding carboxylic acids is 5. The first kappa shape index (κ1) is 59.8. The summed E-state index contributed by atoms with van der Waals surface area (Å²) >= 11 is 1.58. The lowest BCUT2D eigenvalue weighted by Crippen LogP contribution is -2.57. The average Bonchev–Trinajstić information content (AvgIpc) is 4.39. The first-order valence-corrected chi connectivity index (χ1v) is 28.8. The van der Waals surface area contributed by atoms with Gasteiger partial charge in [0, 0.05) is 76.7 Å². The largest absolute Gasteiger partial charge is 0.494 e. The molecule has 432 valence electrons. The van der Waals surface area contributed by atoms with Crippen molar-refractivity contribution in [3.05, 3.63) is 101 Å². The lowest BCUT2D eigenvalue weighted by atomic mass is 9.85. The van der Waals surface area contributed by atoms with Crippen molar-refractivity contribution in [3.8, 4) is 39.4 Å². The molecule has 21 nitrogen and oxygen atoms in total. The van der Waals surface area contributed by atoms with Crippen molar-refractivity contribution < 1.29 is 33.8 Å². The lowest BCUT2D eigenvalue weighted by Gasteiger charge is -2.35. The summed E-state index contributed by atoms with van der Waals surface area (Å²) in [6, 6.07) is 16.7. The van der Waals surface area contributed by atoms with E-state index in [1.807, 2.05) is 93.6 Å². The molecule has 0 saturated carbocycles. The molecule has 2 fully saturated rings. The highest BCUT2D eigenvalue weighted by atomic mass is 32.1. The van der Waals surface area contributed by atoms with E-state index in [1.54, 1.807) is 54.8 Å². The van der Waals surface area contributed by atoms with E-state index in [9.17, 15) is 29.1 Å². The van der Waals surface area contributed by atoms with Crippen LogP contribution in [0, 0.1) is 30.1 Å². The van der Waals surface area contributed by atoms with Crippen molar-refractivity contribution >= 4 is 63.9 Å². The number of benzene rings is 2. The molecule has 0 radical (unpaired) electrons. The first-order valence-electron chi connectivity index (χ1n) is 27.9. The molecule has 2 aliphatic rings. The highest BCUT2D eigenvalue weighted by Gasteiger charge is 2.44. The number of methoxy groups -OCH3 is 1. The maximum atomic E-state index is 14.2. The van der Waals surface area contributed by atoms with Gasteiger partial charge in [-0.05, 0) is 80.3 Å². The van der Waals surface area contributed by atoms with Gasteiger partial charge < -0.3 is 46.2 Å². The van der Waals surface area contributed by atoms with Gasteiger partial charge in [0.15, 0.2) is 23.1 Å². The number of thiazole rings is 1. The molecular weight excluding hydrogens is 1060 g/mol. The number of likely N-dealkylation sites (tertiary alicyclic amines) is 2. The number of nitrogens with zero attached hydrogens (tertiary/aromatic N) is 9. The molecule has 8 rings (SSSR count). The molecule has 0 bridgehead atoms. The monoisotopic (exact) mass is 1130 g/mol. The Kier molecular flexibility index (Phi) is 20.0. The molecule has 6 aromatic rings. The molecule has 6 heterocycles. The SMILES string of the molecule is CNC(=O)c1nnc(Nc2ccc(C#CC3CCN(C(=O)CCCCCCCC(=O)N[C@H](C(=O)N4C[C@H](O)C[C@H]4C(=O)N[C@@H](C)c4ccc(-c5scnc5C)cc4)C(C)(C)C)CC3)cn2)cc1Nc1cccc(-c2ncn(C)n2)c1OC. The van der Waals surface area contributed by atoms with E-state index >= 15 is 0 Å². The number of aliphatic hydroxyl groups excluding tert-OH is 1. The van der Waals surface area contributed by atoms with Crippen molar-refractivity contribution in [3.63, 3.8) is 0 Å². The smallest absolute Gasteiger partial charge is 0.273 e. The van der Waals surface area contributed by atoms with E-state index in [1.165, 1.54) is 11.9 Å². The fraction of sp³-hybridized carbons (Fsp3) is 0.450. The Morgan fingerprint density at radius 3 is 2.28 bits per heavy atom. The lowest BCUT2D eigenvalue weighted by molar-refractivity contribution is -0.144. The van der Waals surface area contributed by atoms with Crippen LogP contribution in [0.5, 0.6) is 5.75 Å². The van der Waals surface area contributed by atoms with Crippen molar-refractivity contribution in [2.24, 2.45) is 18.4 Å². The summed E-state index contributed by atoms with van der Waals surface area (Å²) in [5, 5.41) is 38.6. The summed E-state index contributed by atoms with van der Waals surface area (Å²) in [5.74, 6) is 7.31. The Labute approximate surface area is 482 Å². The maximum absolute atomic E-state index is 14.2. The second-order valence-electron chi connectivity index (χ2n) is 22.0. The molecule has 0 unspecified atom stereocenters. The van der Waals surface area contributed by atoms with Crippen LogP contribution in [0.25, 0.3) is 21.8 Å². The average molecular weight is 1140 g/mol. The number of hydrogen-bond acceptors (Lipinski definition) is 16. The normalized spacial score (nSPS) is 16.1. The third-order valence-electron chi connectivity index (χ3n) is 14.7. The number of carbonyl (C=O) groups is 5. The standard InChI is InChI=1S/C60H74N14O7S/c1-37(41-22-24-42(25-23-41)54-38(2)64-36-82-54)65-57(78)47-31-43(75)34-74(47)59(80)55(60(3,4)5)68-50(76)17-12-10-9-11-13-18-51(77)73-29-27-39(28-30-73)19-20-40-21-26-48(62-33-40)67-49-32-46(52(70-69-49)58(79)61-6)66-45-16-14-15-44(53(45)81-8)56-63-35-72(7)71-56/h14-16,21-26,32-33,35-37,39,43,47,55,75H,9-13,17-18,27-31,34H2,1-8H3,(H,61,79)(H,65,78)(H,68,76)(H2,62,66,67,69)/t37-,43+,47-,55+/m0/s1. The van der Waals surface area contributed by atoms with Crippen LogP contribution in [0.3, 0.4) is 0 Å². The van der Waals surface area contributed by atoms with Gasteiger partial charge in [-0.3, -0.25) is 28.7 Å². The number of hydrogen-bond donors (Lipinski definition) is 6. The van der Waals surface area contributed by atoms with E-state index in [4.69, 9.17) is 4.74 Å². The van der Waals surface area contributed by atoms with Crippen LogP contribution in [-0.2, 0) is 26.2 Å². The summed E-state index contributed by atoms with van der Waals surface area (Å²) in [6.07, 6.45) is 8.75. The van der Waals surface area contributed by atoms with Crippen LogP contribution in [0.2, 0.25) is 0 Å². The fourth-order valence-corrected chi connectivity index (χ4v) is 10.9. The highest BCUT2D eigenvalue weighted by Crippen LogP contribution is 2.38. The number of rotatable bonds is 21. The van der Waals surface area contributed by atoms with Gasteiger partial charge in [0.2, 0.25) is 23.6 Å². The number of aromatic nitrogens is 7. The molecule has 0 spiro atoms. The Bertz CT molecular complexity index is 3270. The molecular formula is C60H74N14O7S. The number of anilines is 4. The van der Waals surface area contributed by atoms with Gasteiger partial charge in [-0.15, -0.1) is 21.5 Å². The Morgan fingerprint density at radius 1 is 0.878 bits per heavy atom. The van der Waals surface area contributed by atoms with E-state index in [0.717, 1.165) is 65.8 Å². The second-order valence-corrected chi connectivity index (χ2v) is 22.8. The molecule has 22 heteroatoms. The van der Waals surface area contributed by atoms with E-state index in [0.29, 0.717) is 66.1 Å². The third kappa shape index (κ3) is 15.4. The summed E-state index contributed by atoms with van der Waals surface area (Å²) in [6.45, 7) is 10.8. The third-order valence-corrected chi connectivity index (χ3v) is 15.7. The summed E-state index contributed by atoms with van der Waals surface area (Å²) < 4.78 is 7.36.